The van der Waals surface area contributed by atoms with Crippen molar-refractivity contribution in [1.29, 1.82) is 0 Å². The van der Waals surface area contributed by atoms with Gasteiger partial charge in [-0.25, -0.2) is 15.0 Å². The first-order valence-electron chi connectivity index (χ1n) is 23.4. The van der Waals surface area contributed by atoms with E-state index < -0.39 is 0 Å². The lowest BCUT2D eigenvalue weighted by molar-refractivity contribution is 0.111. The molecule has 0 atom stereocenters. The third kappa shape index (κ3) is 10.1. The molecule has 2 aromatic carbocycles. The fraction of sp³-hybridized carbons (Fsp3) is 0.412. The summed E-state index contributed by atoms with van der Waals surface area (Å²) in [6.45, 7) is 19.3. The summed E-state index contributed by atoms with van der Waals surface area (Å²) in [5, 5.41) is 11.7. The highest BCUT2D eigenvalue weighted by Crippen LogP contribution is 2.39. The van der Waals surface area contributed by atoms with Crippen LogP contribution in [0.4, 0.5) is 5.82 Å². The van der Waals surface area contributed by atoms with Gasteiger partial charge in [-0.2, -0.15) is 10.2 Å². The number of carbonyl (C=O) groups excluding carboxylic acids is 2. The standard InChI is InChI=1S/C51H61N11O5/c1-7-61-39(24-35(3)56-61)30-53-31-42-40-26-37(33-63)28-45(67-23-15-21-65-6)47(40)59(50(42)52-5)19-12-13-20-60-48-41(43-32-54-49(55-51(43)60)44-25-36(4)57-62(44)8-2)27-38(34-64)29-46(48)66-22-14-18-58-16-10-9-11-17-58/h12-13,24-29,31-34H,5,7-11,14-23,30H2,1-4,6H3/b13-12+,53-31?. The summed E-state index contributed by atoms with van der Waals surface area (Å²) in [5.41, 5.74) is 7.65. The van der Waals surface area contributed by atoms with Crippen molar-refractivity contribution in [2.45, 2.75) is 92.5 Å². The van der Waals surface area contributed by atoms with Crippen LogP contribution in [0.15, 0.2) is 64.7 Å². The molecule has 7 aromatic rings. The summed E-state index contributed by atoms with van der Waals surface area (Å²) in [6.07, 6.45) is 14.8. The molecular weight excluding hydrogens is 847 g/mol. The predicted molar refractivity (Wildman–Crippen MR) is 264 cm³/mol. The number of methoxy groups -OCH3 is 1. The fourth-order valence-electron chi connectivity index (χ4n) is 9.20. The van der Waals surface area contributed by atoms with Crippen LogP contribution >= 0.6 is 0 Å². The lowest BCUT2D eigenvalue weighted by Crippen LogP contribution is -2.31. The zero-order valence-corrected chi connectivity index (χ0v) is 39.4. The molecule has 6 heterocycles. The molecule has 0 aliphatic carbocycles. The number of hydrogen-bond donors (Lipinski definition) is 0. The Kier molecular flexibility index (Phi) is 15.1. The van der Waals surface area contributed by atoms with E-state index in [9.17, 15) is 9.59 Å². The predicted octanol–water partition coefficient (Wildman–Crippen LogP) is 8.76. The SMILES string of the molecule is C=Nc1c(C=NCc2cc(C)nn2CC)c2cc(C=O)cc(OCCCOC)c2n1C/C=C/Cn1c2nc(-c3cc(C)nn3CC)ncc2c2cc(C=O)cc(OCCCN3CCCCC3)c21. The third-order valence-corrected chi connectivity index (χ3v) is 12.3. The topological polar surface area (TPSA) is 161 Å². The number of piperidine rings is 1. The molecule has 350 valence electrons. The molecular formula is C51H61N11O5. The van der Waals surface area contributed by atoms with Gasteiger partial charge in [-0.05, 0) is 103 Å². The number of rotatable bonds is 23. The van der Waals surface area contributed by atoms with E-state index in [-0.39, 0.29) is 0 Å². The molecule has 1 fully saturated rings. The number of aliphatic imine (C=N–C) groups is 2. The van der Waals surface area contributed by atoms with Crippen LogP contribution in [0.2, 0.25) is 0 Å². The molecule has 0 amide bonds. The van der Waals surface area contributed by atoms with Crippen LogP contribution < -0.4 is 9.47 Å². The highest BCUT2D eigenvalue weighted by Gasteiger charge is 2.23. The molecule has 0 N–H and O–H groups in total. The Morgan fingerprint density at radius 3 is 2.10 bits per heavy atom. The first-order valence-corrected chi connectivity index (χ1v) is 23.4. The van der Waals surface area contributed by atoms with Gasteiger partial charge in [-0.3, -0.25) is 23.9 Å². The summed E-state index contributed by atoms with van der Waals surface area (Å²) in [7, 11) is 1.66. The maximum atomic E-state index is 12.4. The highest BCUT2D eigenvalue weighted by atomic mass is 16.5. The van der Waals surface area contributed by atoms with Crippen molar-refractivity contribution < 1.29 is 23.8 Å². The van der Waals surface area contributed by atoms with Crippen LogP contribution in [0.5, 0.6) is 11.5 Å². The second kappa shape index (κ2) is 21.7. The molecule has 16 nitrogen and oxygen atoms in total. The monoisotopic (exact) mass is 907 g/mol. The lowest BCUT2D eigenvalue weighted by atomic mass is 10.1. The normalized spacial score (nSPS) is 13.6. The number of allylic oxidation sites excluding steroid dienone is 2. The van der Waals surface area contributed by atoms with Gasteiger partial charge in [0.2, 0.25) is 0 Å². The fourth-order valence-corrected chi connectivity index (χ4v) is 9.20. The minimum atomic E-state index is 0.386. The van der Waals surface area contributed by atoms with E-state index in [0.717, 1.165) is 101 Å². The van der Waals surface area contributed by atoms with E-state index in [2.05, 4.69) is 55.0 Å². The summed E-state index contributed by atoms with van der Waals surface area (Å²) in [6, 6.07) is 11.4. The number of nitrogens with zero attached hydrogens (tertiary/aromatic N) is 11. The molecule has 0 bridgehead atoms. The van der Waals surface area contributed by atoms with Crippen molar-refractivity contribution >= 4 is 64.2 Å². The number of aryl methyl sites for hydroxylation is 4. The first-order chi connectivity index (χ1) is 32.8. The summed E-state index contributed by atoms with van der Waals surface area (Å²) >= 11 is 0. The van der Waals surface area contributed by atoms with Gasteiger partial charge in [0.15, 0.2) is 5.82 Å². The van der Waals surface area contributed by atoms with Crippen molar-refractivity contribution in [3.05, 3.63) is 88.5 Å². The molecule has 0 saturated carbocycles. The van der Waals surface area contributed by atoms with Gasteiger partial charge in [0.25, 0.3) is 0 Å². The molecule has 1 aliphatic rings. The van der Waals surface area contributed by atoms with Gasteiger partial charge in [-0.1, -0.05) is 18.6 Å². The minimum absolute atomic E-state index is 0.386. The molecule has 1 aliphatic heterocycles. The van der Waals surface area contributed by atoms with Gasteiger partial charge in [0.05, 0.1) is 47.9 Å². The maximum absolute atomic E-state index is 12.4. The van der Waals surface area contributed by atoms with E-state index in [4.69, 9.17) is 29.2 Å². The molecule has 0 unspecified atom stereocenters. The Labute approximate surface area is 391 Å². The molecule has 0 radical (unpaired) electrons. The van der Waals surface area contributed by atoms with Crippen molar-refractivity contribution in [2.75, 3.05) is 46.6 Å². The maximum Gasteiger partial charge on any atom is 0.179 e. The number of fused-ring (bicyclic) bond motifs is 4. The number of carbonyl (C=O) groups is 2. The van der Waals surface area contributed by atoms with E-state index in [1.165, 1.54) is 19.3 Å². The average molecular weight is 908 g/mol. The molecule has 67 heavy (non-hydrogen) atoms. The number of aldehydes is 2. The van der Waals surface area contributed by atoms with Crippen LogP contribution in [0.3, 0.4) is 0 Å². The van der Waals surface area contributed by atoms with E-state index in [0.29, 0.717) is 92.3 Å². The van der Waals surface area contributed by atoms with Crippen molar-refractivity contribution in [3.63, 3.8) is 0 Å². The van der Waals surface area contributed by atoms with E-state index in [1.54, 1.807) is 19.4 Å². The summed E-state index contributed by atoms with van der Waals surface area (Å²) < 4.78 is 26.3. The van der Waals surface area contributed by atoms with Crippen molar-refractivity contribution in [3.8, 4) is 23.0 Å². The molecule has 8 rings (SSSR count). The van der Waals surface area contributed by atoms with Gasteiger partial charge in [-0.15, -0.1) is 0 Å². The Morgan fingerprint density at radius 2 is 1.42 bits per heavy atom. The number of ether oxygens (including phenoxy) is 3. The van der Waals surface area contributed by atoms with Crippen LogP contribution in [0.1, 0.15) is 89.3 Å². The Hall–Kier alpha value is -6.78. The number of aromatic nitrogens is 8. The minimum Gasteiger partial charge on any atom is -0.491 e. The quantitative estimate of drug-likeness (QED) is 0.0263. The zero-order valence-electron chi connectivity index (χ0n) is 39.4. The molecule has 5 aromatic heterocycles. The largest absolute Gasteiger partial charge is 0.491 e. The Balaban J connectivity index is 1.19. The van der Waals surface area contributed by atoms with Gasteiger partial charge in [0, 0.05) is 98.1 Å². The van der Waals surface area contributed by atoms with Crippen LogP contribution in [0.25, 0.3) is 44.4 Å². The van der Waals surface area contributed by atoms with Crippen LogP contribution in [0, 0.1) is 13.8 Å². The number of hydrogen-bond acceptors (Lipinski definition) is 12. The van der Waals surface area contributed by atoms with Crippen LogP contribution in [-0.4, -0.2) is 116 Å². The van der Waals surface area contributed by atoms with Crippen LogP contribution in [-0.2, 0) is 37.5 Å². The lowest BCUT2D eigenvalue weighted by Gasteiger charge is -2.26. The number of likely N-dealkylation sites (tertiary alicyclic amines) is 1. The zero-order chi connectivity index (χ0) is 46.9. The van der Waals surface area contributed by atoms with E-state index >= 15 is 0 Å². The highest BCUT2D eigenvalue weighted by molar-refractivity contribution is 6.11. The second-order valence-corrected chi connectivity index (χ2v) is 16.9. The van der Waals surface area contributed by atoms with Crippen molar-refractivity contribution in [2.24, 2.45) is 9.98 Å². The average Bonchev–Trinajstić information content (AvgIpc) is 4.09. The Bertz CT molecular complexity index is 2950. The summed E-state index contributed by atoms with van der Waals surface area (Å²) in [5.74, 6) is 2.32. The summed E-state index contributed by atoms with van der Waals surface area (Å²) in [4.78, 5) is 46.7. The molecule has 16 heteroatoms. The number of benzene rings is 2. The Morgan fingerprint density at radius 1 is 0.761 bits per heavy atom. The van der Waals surface area contributed by atoms with Crippen molar-refractivity contribution in [1.82, 2.24) is 43.6 Å². The first kappa shape index (κ1) is 46.7. The van der Waals surface area contributed by atoms with E-state index in [1.807, 2.05) is 66.7 Å². The van der Waals surface area contributed by atoms with Gasteiger partial charge < -0.3 is 28.2 Å². The third-order valence-electron chi connectivity index (χ3n) is 12.3. The smallest absolute Gasteiger partial charge is 0.179 e. The van der Waals surface area contributed by atoms with Gasteiger partial charge in [0.1, 0.15) is 41.2 Å². The molecule has 1 saturated heterocycles. The second-order valence-electron chi connectivity index (χ2n) is 16.9. The van der Waals surface area contributed by atoms with Gasteiger partial charge >= 0.3 is 0 Å². The molecule has 0 spiro atoms.